The van der Waals surface area contributed by atoms with Crippen LogP contribution in [-0.2, 0) is 10.0 Å². The van der Waals surface area contributed by atoms with Crippen LogP contribution in [0.4, 0.5) is 10.1 Å². The molecule has 0 aromatic heterocycles. The molecule has 0 saturated carbocycles. The maximum absolute atomic E-state index is 13.4. The summed E-state index contributed by atoms with van der Waals surface area (Å²) in [6.45, 7) is 5.87. The molecule has 0 aliphatic carbocycles. The maximum Gasteiger partial charge on any atom is 0.245 e. The summed E-state index contributed by atoms with van der Waals surface area (Å²) >= 11 is 0. The van der Waals surface area contributed by atoms with Crippen LogP contribution < -0.4 is 5.73 Å². The number of nitrogens with two attached hydrogens (primary N) is 1. The minimum absolute atomic E-state index is 0.173. The molecule has 0 saturated heterocycles. The predicted molar refractivity (Wildman–Crippen MR) is 74.7 cm³/mol. The number of nitrogens with zero attached hydrogens (tertiary/aromatic N) is 1. The standard InChI is InChI=1S/C13H21FN2O2S/c1-9(2)8-10(3)16(4)19(17,18)12-7-5-6-11(14)13(12)15/h5-7,9-10H,8,15H2,1-4H3. The fourth-order valence-corrected chi connectivity index (χ4v) is 3.46. The van der Waals surface area contributed by atoms with E-state index in [1.54, 1.807) is 0 Å². The van der Waals surface area contributed by atoms with Crippen molar-refractivity contribution in [3.8, 4) is 0 Å². The van der Waals surface area contributed by atoms with E-state index in [-0.39, 0.29) is 16.6 Å². The van der Waals surface area contributed by atoms with Crippen LogP contribution in [0.25, 0.3) is 0 Å². The molecule has 0 amide bonds. The number of halogens is 1. The van der Waals surface area contributed by atoms with Gasteiger partial charge in [-0.15, -0.1) is 0 Å². The molecule has 0 aliphatic rings. The first-order valence-electron chi connectivity index (χ1n) is 6.20. The molecule has 0 radical (unpaired) electrons. The summed E-state index contributed by atoms with van der Waals surface area (Å²) in [4.78, 5) is -0.175. The Morgan fingerprint density at radius 3 is 2.42 bits per heavy atom. The molecule has 1 unspecified atom stereocenters. The van der Waals surface area contributed by atoms with E-state index in [0.717, 1.165) is 12.5 Å². The highest BCUT2D eigenvalue weighted by atomic mass is 32.2. The van der Waals surface area contributed by atoms with E-state index < -0.39 is 15.8 Å². The Labute approximate surface area is 114 Å². The number of benzene rings is 1. The Morgan fingerprint density at radius 1 is 1.32 bits per heavy atom. The van der Waals surface area contributed by atoms with Gasteiger partial charge in [-0.25, -0.2) is 12.8 Å². The second-order valence-electron chi connectivity index (χ2n) is 5.15. The molecule has 19 heavy (non-hydrogen) atoms. The third-order valence-corrected chi connectivity index (χ3v) is 5.13. The number of para-hydroxylation sites is 1. The van der Waals surface area contributed by atoms with E-state index in [4.69, 9.17) is 5.73 Å². The predicted octanol–water partition coefficient (Wildman–Crippen LogP) is 2.46. The maximum atomic E-state index is 13.4. The van der Waals surface area contributed by atoms with E-state index >= 15 is 0 Å². The number of rotatable bonds is 5. The van der Waals surface area contributed by atoms with Crippen molar-refractivity contribution in [3.05, 3.63) is 24.0 Å². The van der Waals surface area contributed by atoms with E-state index in [0.29, 0.717) is 5.92 Å². The fourth-order valence-electron chi connectivity index (χ4n) is 1.96. The van der Waals surface area contributed by atoms with Crippen LogP contribution in [0.3, 0.4) is 0 Å². The summed E-state index contributed by atoms with van der Waals surface area (Å²) in [6, 6.07) is 3.64. The first-order valence-corrected chi connectivity index (χ1v) is 7.64. The molecule has 0 fully saturated rings. The zero-order valence-corrected chi connectivity index (χ0v) is 12.5. The zero-order chi connectivity index (χ0) is 14.8. The van der Waals surface area contributed by atoms with Gasteiger partial charge in [0.2, 0.25) is 10.0 Å². The number of nitrogen functional groups attached to an aromatic ring is 1. The first kappa shape index (κ1) is 15.9. The Morgan fingerprint density at radius 2 is 1.89 bits per heavy atom. The number of sulfonamides is 1. The molecule has 2 N–H and O–H groups in total. The van der Waals surface area contributed by atoms with Crippen molar-refractivity contribution < 1.29 is 12.8 Å². The van der Waals surface area contributed by atoms with Crippen molar-refractivity contribution in [1.82, 2.24) is 4.31 Å². The lowest BCUT2D eigenvalue weighted by Gasteiger charge is -2.26. The lowest BCUT2D eigenvalue weighted by atomic mass is 10.1. The van der Waals surface area contributed by atoms with E-state index in [2.05, 4.69) is 0 Å². The minimum Gasteiger partial charge on any atom is -0.395 e. The monoisotopic (exact) mass is 288 g/mol. The van der Waals surface area contributed by atoms with Crippen molar-refractivity contribution in [1.29, 1.82) is 0 Å². The lowest BCUT2D eigenvalue weighted by molar-refractivity contribution is 0.338. The summed E-state index contributed by atoms with van der Waals surface area (Å²) in [5, 5.41) is 0. The molecular formula is C13H21FN2O2S. The topological polar surface area (TPSA) is 63.4 Å². The average Bonchev–Trinajstić information content (AvgIpc) is 2.30. The number of anilines is 1. The summed E-state index contributed by atoms with van der Waals surface area (Å²) in [5.74, 6) is -0.344. The quantitative estimate of drug-likeness (QED) is 0.847. The third kappa shape index (κ3) is 3.45. The molecule has 0 bridgehead atoms. The second kappa shape index (κ2) is 5.88. The fraction of sp³-hybridized carbons (Fsp3) is 0.538. The van der Waals surface area contributed by atoms with Gasteiger partial charge in [0.05, 0.1) is 5.69 Å². The summed E-state index contributed by atoms with van der Waals surface area (Å²) < 4.78 is 39.4. The molecule has 0 aliphatic heterocycles. The number of hydrogen-bond acceptors (Lipinski definition) is 3. The molecule has 4 nitrogen and oxygen atoms in total. The van der Waals surface area contributed by atoms with Crippen molar-refractivity contribution in [2.24, 2.45) is 5.92 Å². The molecule has 1 atom stereocenters. The number of hydrogen-bond donors (Lipinski definition) is 1. The molecule has 1 aromatic carbocycles. The van der Waals surface area contributed by atoms with E-state index in [1.807, 2.05) is 20.8 Å². The molecular weight excluding hydrogens is 267 g/mol. The molecule has 0 spiro atoms. The van der Waals surface area contributed by atoms with Crippen molar-refractivity contribution in [2.75, 3.05) is 12.8 Å². The van der Waals surface area contributed by atoms with Gasteiger partial charge < -0.3 is 5.73 Å². The molecule has 108 valence electrons. The van der Waals surface area contributed by atoms with Crippen molar-refractivity contribution >= 4 is 15.7 Å². The van der Waals surface area contributed by atoms with Gasteiger partial charge in [-0.2, -0.15) is 4.31 Å². The highest BCUT2D eigenvalue weighted by Crippen LogP contribution is 2.26. The summed E-state index contributed by atoms with van der Waals surface area (Å²) in [7, 11) is -2.28. The van der Waals surface area contributed by atoms with Gasteiger partial charge in [0.15, 0.2) is 0 Å². The van der Waals surface area contributed by atoms with Crippen LogP contribution in [0.1, 0.15) is 27.2 Å². The van der Waals surface area contributed by atoms with Gasteiger partial charge >= 0.3 is 0 Å². The first-order chi connectivity index (χ1) is 8.67. The van der Waals surface area contributed by atoms with E-state index in [9.17, 15) is 12.8 Å². The summed E-state index contributed by atoms with van der Waals surface area (Å²) in [5.41, 5.74) is 5.20. The third-order valence-electron chi connectivity index (χ3n) is 3.10. The Kier molecular flexibility index (Phi) is 4.92. The van der Waals surface area contributed by atoms with Crippen LogP contribution >= 0.6 is 0 Å². The Balaban J connectivity index is 3.13. The second-order valence-corrected chi connectivity index (χ2v) is 7.12. The molecule has 6 heteroatoms. The highest BCUT2D eigenvalue weighted by molar-refractivity contribution is 7.89. The molecule has 1 aromatic rings. The minimum atomic E-state index is -3.77. The van der Waals surface area contributed by atoms with Crippen LogP contribution in [0, 0.1) is 11.7 Å². The van der Waals surface area contributed by atoms with E-state index in [1.165, 1.54) is 23.5 Å². The van der Waals surface area contributed by atoms with Gasteiger partial charge in [-0.05, 0) is 31.4 Å². The van der Waals surface area contributed by atoms with Gasteiger partial charge in [0.1, 0.15) is 10.7 Å². The lowest BCUT2D eigenvalue weighted by Crippen LogP contribution is -2.36. The smallest absolute Gasteiger partial charge is 0.245 e. The van der Waals surface area contributed by atoms with Crippen LogP contribution in [-0.4, -0.2) is 25.8 Å². The van der Waals surface area contributed by atoms with Crippen LogP contribution in [0.15, 0.2) is 23.1 Å². The van der Waals surface area contributed by atoms with Gasteiger partial charge in [-0.3, -0.25) is 0 Å². The van der Waals surface area contributed by atoms with Gasteiger partial charge in [-0.1, -0.05) is 19.9 Å². The van der Waals surface area contributed by atoms with Gasteiger partial charge in [0, 0.05) is 13.1 Å². The zero-order valence-electron chi connectivity index (χ0n) is 11.7. The molecule has 1 rings (SSSR count). The van der Waals surface area contributed by atoms with Crippen LogP contribution in [0.5, 0.6) is 0 Å². The van der Waals surface area contributed by atoms with Crippen LogP contribution in [0.2, 0.25) is 0 Å². The van der Waals surface area contributed by atoms with Crippen molar-refractivity contribution in [3.63, 3.8) is 0 Å². The Hall–Kier alpha value is -1.14. The SMILES string of the molecule is CC(C)CC(C)N(C)S(=O)(=O)c1cccc(F)c1N. The van der Waals surface area contributed by atoms with Crippen molar-refractivity contribution in [2.45, 2.75) is 38.1 Å². The largest absolute Gasteiger partial charge is 0.395 e. The molecule has 0 heterocycles. The van der Waals surface area contributed by atoms with Gasteiger partial charge in [0.25, 0.3) is 0 Å². The summed E-state index contributed by atoms with van der Waals surface area (Å²) in [6.07, 6.45) is 0.727. The highest BCUT2D eigenvalue weighted by Gasteiger charge is 2.28. The Bertz CT molecular complexity index is 544. The normalized spacial score (nSPS) is 14.1. The average molecular weight is 288 g/mol.